The summed E-state index contributed by atoms with van der Waals surface area (Å²) < 4.78 is 5.18. The van der Waals surface area contributed by atoms with Crippen molar-refractivity contribution in [2.24, 2.45) is 0 Å². The van der Waals surface area contributed by atoms with Gasteiger partial charge < -0.3 is 15.0 Å². The summed E-state index contributed by atoms with van der Waals surface area (Å²) in [6, 6.07) is 12.4. The molecule has 0 heterocycles. The summed E-state index contributed by atoms with van der Waals surface area (Å²) in [7, 11) is 1.63. The number of ether oxygens (including phenoxy) is 1. The molecule has 0 saturated carbocycles. The molecular formula is C24H30Cl2N2O3S. The van der Waals surface area contributed by atoms with Gasteiger partial charge in [-0.1, -0.05) is 48.3 Å². The number of thioether (sulfide) groups is 1. The number of hydrogen-bond acceptors (Lipinski definition) is 4. The Balaban J connectivity index is 2.09. The Morgan fingerprint density at radius 1 is 1.06 bits per heavy atom. The van der Waals surface area contributed by atoms with E-state index in [1.54, 1.807) is 31.1 Å². The first-order valence-corrected chi connectivity index (χ1v) is 12.4. The Morgan fingerprint density at radius 3 is 2.31 bits per heavy atom. The number of hydrogen-bond donors (Lipinski definition) is 1. The van der Waals surface area contributed by atoms with E-state index in [0.29, 0.717) is 15.8 Å². The molecule has 2 aromatic carbocycles. The average molecular weight is 497 g/mol. The maximum Gasteiger partial charge on any atom is 0.242 e. The maximum atomic E-state index is 13.1. The fourth-order valence-electron chi connectivity index (χ4n) is 2.94. The van der Waals surface area contributed by atoms with Crippen molar-refractivity contribution in [2.45, 2.75) is 51.6 Å². The third kappa shape index (κ3) is 7.91. The highest BCUT2D eigenvalue weighted by Gasteiger charge is 2.26. The zero-order valence-corrected chi connectivity index (χ0v) is 21.2. The van der Waals surface area contributed by atoms with Crippen LogP contribution in [-0.2, 0) is 21.9 Å². The second kappa shape index (κ2) is 13.0. The van der Waals surface area contributed by atoms with Crippen LogP contribution in [0.3, 0.4) is 0 Å². The molecule has 0 aliphatic heterocycles. The highest BCUT2D eigenvalue weighted by molar-refractivity contribution is 7.99. The van der Waals surface area contributed by atoms with E-state index in [1.165, 1.54) is 11.8 Å². The average Bonchev–Trinajstić information content (AvgIpc) is 2.79. The Hall–Kier alpha value is -1.89. The second-order valence-electron chi connectivity index (χ2n) is 7.60. The van der Waals surface area contributed by atoms with Gasteiger partial charge in [-0.15, -0.1) is 11.8 Å². The molecule has 0 aromatic heterocycles. The van der Waals surface area contributed by atoms with Gasteiger partial charge in [0.05, 0.1) is 22.9 Å². The molecule has 0 aliphatic carbocycles. The van der Waals surface area contributed by atoms with Crippen LogP contribution in [0.1, 0.15) is 38.3 Å². The molecule has 2 rings (SSSR count). The minimum atomic E-state index is -0.618. The number of carbonyl (C=O) groups excluding carboxylic acids is 2. The van der Waals surface area contributed by atoms with E-state index in [2.05, 4.69) is 5.32 Å². The fourth-order valence-corrected chi connectivity index (χ4v) is 4.14. The molecule has 0 saturated heterocycles. The zero-order valence-electron chi connectivity index (χ0n) is 18.9. The summed E-state index contributed by atoms with van der Waals surface area (Å²) >= 11 is 13.7. The van der Waals surface area contributed by atoms with Crippen molar-refractivity contribution in [1.82, 2.24) is 10.2 Å². The van der Waals surface area contributed by atoms with Gasteiger partial charge in [0.25, 0.3) is 0 Å². The molecule has 0 spiro atoms. The molecule has 8 heteroatoms. The van der Waals surface area contributed by atoms with E-state index < -0.39 is 6.04 Å². The lowest BCUT2D eigenvalue weighted by Crippen LogP contribution is -2.50. The van der Waals surface area contributed by atoms with Gasteiger partial charge in [-0.25, -0.2) is 0 Å². The molecule has 174 valence electrons. The number of rotatable bonds is 11. The Kier molecular flexibility index (Phi) is 10.7. The number of carbonyl (C=O) groups is 2. The molecule has 0 aliphatic rings. The Morgan fingerprint density at radius 2 is 1.72 bits per heavy atom. The van der Waals surface area contributed by atoms with E-state index >= 15 is 0 Å². The normalized spacial score (nSPS) is 12.7. The maximum absolute atomic E-state index is 13.1. The minimum Gasteiger partial charge on any atom is -0.497 e. The van der Waals surface area contributed by atoms with Crippen LogP contribution in [0.15, 0.2) is 42.5 Å². The molecule has 5 nitrogen and oxygen atoms in total. The first-order chi connectivity index (χ1) is 15.2. The van der Waals surface area contributed by atoms with Crippen molar-refractivity contribution in [1.29, 1.82) is 0 Å². The monoisotopic (exact) mass is 496 g/mol. The summed E-state index contributed by atoms with van der Waals surface area (Å²) in [6.45, 7) is 5.97. The molecular weight excluding hydrogens is 467 g/mol. The van der Waals surface area contributed by atoms with Gasteiger partial charge in [0.15, 0.2) is 0 Å². The quantitative estimate of drug-likeness (QED) is 0.441. The highest BCUT2D eigenvalue weighted by atomic mass is 35.5. The Bertz CT molecular complexity index is 909. The standard InChI is InChI=1S/C24H30Cl2N2O3S/c1-5-16(2)27-24(30)17(3)28(13-19-8-11-21(25)22(26)12-19)23(29)15-32-14-18-6-9-20(31-4)10-7-18/h6-12,16-17H,5,13-15H2,1-4H3,(H,27,30)/t16-,17+/m1/s1. The van der Waals surface area contributed by atoms with Crippen LogP contribution < -0.4 is 10.1 Å². The third-order valence-corrected chi connectivity index (χ3v) is 6.89. The van der Waals surface area contributed by atoms with Crippen LogP contribution in [0.5, 0.6) is 5.75 Å². The summed E-state index contributed by atoms with van der Waals surface area (Å²) in [5, 5.41) is 3.83. The first-order valence-electron chi connectivity index (χ1n) is 10.5. The lowest BCUT2D eigenvalue weighted by molar-refractivity contribution is -0.138. The van der Waals surface area contributed by atoms with E-state index in [0.717, 1.165) is 23.3 Å². The third-order valence-electron chi connectivity index (χ3n) is 5.16. The topological polar surface area (TPSA) is 58.6 Å². The molecule has 0 unspecified atom stereocenters. The molecule has 0 fully saturated rings. The van der Waals surface area contributed by atoms with Gasteiger partial charge in [0.1, 0.15) is 11.8 Å². The molecule has 2 atom stereocenters. The van der Waals surface area contributed by atoms with E-state index in [1.807, 2.05) is 44.2 Å². The zero-order chi connectivity index (χ0) is 23.7. The molecule has 0 radical (unpaired) electrons. The van der Waals surface area contributed by atoms with Gasteiger partial charge in [-0.05, 0) is 55.7 Å². The summed E-state index contributed by atoms with van der Waals surface area (Å²) in [6.07, 6.45) is 0.816. The van der Waals surface area contributed by atoms with Crippen molar-refractivity contribution in [3.63, 3.8) is 0 Å². The van der Waals surface area contributed by atoms with Crippen LogP contribution in [0.2, 0.25) is 10.0 Å². The van der Waals surface area contributed by atoms with E-state index in [9.17, 15) is 9.59 Å². The van der Waals surface area contributed by atoms with Gasteiger partial charge in [0, 0.05) is 18.3 Å². The van der Waals surface area contributed by atoms with Crippen LogP contribution in [0.25, 0.3) is 0 Å². The van der Waals surface area contributed by atoms with E-state index in [-0.39, 0.29) is 30.2 Å². The van der Waals surface area contributed by atoms with Crippen molar-refractivity contribution < 1.29 is 14.3 Å². The van der Waals surface area contributed by atoms with E-state index in [4.69, 9.17) is 27.9 Å². The lowest BCUT2D eigenvalue weighted by atomic mass is 10.1. The highest BCUT2D eigenvalue weighted by Crippen LogP contribution is 2.24. The number of nitrogens with one attached hydrogen (secondary N) is 1. The van der Waals surface area contributed by atoms with Crippen molar-refractivity contribution in [2.75, 3.05) is 12.9 Å². The molecule has 2 aromatic rings. The number of halogens is 2. The Labute approximate surface area is 204 Å². The van der Waals surface area contributed by atoms with Crippen LogP contribution >= 0.6 is 35.0 Å². The van der Waals surface area contributed by atoms with Crippen LogP contribution in [-0.4, -0.2) is 41.7 Å². The molecule has 32 heavy (non-hydrogen) atoms. The van der Waals surface area contributed by atoms with Gasteiger partial charge >= 0.3 is 0 Å². The smallest absolute Gasteiger partial charge is 0.242 e. The molecule has 0 bridgehead atoms. The minimum absolute atomic E-state index is 0.0383. The number of amides is 2. The lowest BCUT2D eigenvalue weighted by Gasteiger charge is -2.29. The fraction of sp³-hybridized carbons (Fsp3) is 0.417. The van der Waals surface area contributed by atoms with Crippen molar-refractivity contribution in [3.8, 4) is 5.75 Å². The summed E-state index contributed by atoms with van der Waals surface area (Å²) in [5.74, 6) is 1.45. The second-order valence-corrected chi connectivity index (χ2v) is 9.40. The molecule has 2 amide bonds. The van der Waals surface area contributed by atoms with Gasteiger partial charge in [-0.2, -0.15) is 0 Å². The molecule has 1 N–H and O–H groups in total. The summed E-state index contributed by atoms with van der Waals surface area (Å²) in [5.41, 5.74) is 1.92. The predicted octanol–water partition coefficient (Wildman–Crippen LogP) is 5.57. The van der Waals surface area contributed by atoms with Crippen molar-refractivity contribution in [3.05, 3.63) is 63.6 Å². The largest absolute Gasteiger partial charge is 0.497 e. The summed E-state index contributed by atoms with van der Waals surface area (Å²) in [4.78, 5) is 27.5. The van der Waals surface area contributed by atoms with Crippen LogP contribution in [0.4, 0.5) is 0 Å². The van der Waals surface area contributed by atoms with Crippen LogP contribution in [0, 0.1) is 0 Å². The van der Waals surface area contributed by atoms with Gasteiger partial charge in [0.2, 0.25) is 11.8 Å². The number of benzene rings is 2. The predicted molar refractivity (Wildman–Crippen MR) is 134 cm³/mol. The SMILES string of the molecule is CC[C@@H](C)NC(=O)[C@H](C)N(Cc1ccc(Cl)c(Cl)c1)C(=O)CSCc1ccc(OC)cc1. The van der Waals surface area contributed by atoms with Gasteiger partial charge in [-0.3, -0.25) is 9.59 Å². The first kappa shape index (κ1) is 26.4. The number of methoxy groups -OCH3 is 1. The number of nitrogens with zero attached hydrogens (tertiary/aromatic N) is 1. The van der Waals surface area contributed by atoms with Crippen molar-refractivity contribution >= 4 is 46.8 Å².